The summed E-state index contributed by atoms with van der Waals surface area (Å²) in [6, 6.07) is 0. The Labute approximate surface area is 135 Å². The average molecular weight is 350 g/mol. The van der Waals surface area contributed by atoms with E-state index < -0.39 is 0 Å². The minimum Gasteiger partial charge on any atom is -0.444 e. The molecule has 3 aliphatic rings. The molecule has 0 bridgehead atoms. The Morgan fingerprint density at radius 2 is 2.05 bits per heavy atom. The highest BCUT2D eigenvalue weighted by molar-refractivity contribution is 9.08. The van der Waals surface area contributed by atoms with Crippen LogP contribution in [0.2, 0.25) is 0 Å². The van der Waals surface area contributed by atoms with Crippen molar-refractivity contribution in [2.45, 2.75) is 62.6 Å². The first-order chi connectivity index (χ1) is 10.4. The Hall–Kier alpha value is -0.570. The third kappa shape index (κ3) is 2.52. The molecule has 21 heavy (non-hydrogen) atoms. The summed E-state index contributed by atoms with van der Waals surface area (Å²) in [6.07, 6.45) is 15.5. The minimum atomic E-state index is 0.458. The number of alkyl halides is 1. The molecule has 2 nitrogen and oxygen atoms in total. The number of rotatable bonds is 2. The fourth-order valence-corrected chi connectivity index (χ4v) is 5.31. The third-order valence-corrected chi connectivity index (χ3v) is 6.53. The number of hydrogen-bond donors (Lipinski definition) is 0. The Bertz CT molecular complexity index is 535. The summed E-state index contributed by atoms with van der Waals surface area (Å²) >= 11 is 3.46. The van der Waals surface area contributed by atoms with E-state index in [9.17, 15) is 0 Å². The molecule has 0 amide bonds. The second-order valence-electron chi connectivity index (χ2n) is 7.04. The fourth-order valence-electron chi connectivity index (χ4n) is 5.05. The van der Waals surface area contributed by atoms with Gasteiger partial charge in [0.25, 0.3) is 0 Å². The molecular weight excluding hydrogens is 326 g/mol. The van der Waals surface area contributed by atoms with Crippen LogP contribution in [0.1, 0.15) is 68.9 Å². The van der Waals surface area contributed by atoms with E-state index in [-0.39, 0.29) is 0 Å². The van der Waals surface area contributed by atoms with Crippen LogP contribution >= 0.6 is 15.9 Å². The maximum Gasteiger partial charge on any atom is 0.201 e. The molecule has 1 aromatic rings. The zero-order valence-corrected chi connectivity index (χ0v) is 14.1. The highest BCUT2D eigenvalue weighted by Crippen LogP contribution is 2.52. The van der Waals surface area contributed by atoms with Crippen LogP contribution in [0.15, 0.2) is 22.3 Å². The van der Waals surface area contributed by atoms with Crippen LogP contribution in [0.5, 0.6) is 0 Å². The van der Waals surface area contributed by atoms with Crippen LogP contribution in [-0.2, 0) is 5.33 Å². The molecule has 114 valence electrons. The molecule has 0 aliphatic heterocycles. The van der Waals surface area contributed by atoms with Crippen LogP contribution in [0.25, 0.3) is 0 Å². The lowest BCUT2D eigenvalue weighted by atomic mass is 9.60. The van der Waals surface area contributed by atoms with Gasteiger partial charge in [-0.3, -0.25) is 0 Å². The van der Waals surface area contributed by atoms with Gasteiger partial charge in [-0.25, -0.2) is 4.98 Å². The molecule has 0 radical (unpaired) electrons. The van der Waals surface area contributed by atoms with Crippen LogP contribution in [-0.4, -0.2) is 4.98 Å². The van der Waals surface area contributed by atoms with Gasteiger partial charge in [0.1, 0.15) is 5.76 Å². The zero-order chi connectivity index (χ0) is 14.2. The van der Waals surface area contributed by atoms with E-state index in [1.54, 1.807) is 5.57 Å². The van der Waals surface area contributed by atoms with Crippen molar-refractivity contribution >= 4 is 15.9 Å². The number of fused-ring (bicyclic) bond motifs is 3. The van der Waals surface area contributed by atoms with Crippen molar-refractivity contribution in [3.63, 3.8) is 0 Å². The van der Waals surface area contributed by atoms with Gasteiger partial charge in [0.2, 0.25) is 5.89 Å². The molecule has 0 aromatic carbocycles. The molecule has 0 spiro atoms. The first-order valence-electron chi connectivity index (χ1n) is 8.57. The van der Waals surface area contributed by atoms with Gasteiger partial charge < -0.3 is 4.42 Å². The quantitative estimate of drug-likeness (QED) is 0.513. The Kier molecular flexibility index (Phi) is 3.95. The molecule has 0 N–H and O–H groups in total. The van der Waals surface area contributed by atoms with Crippen molar-refractivity contribution in [1.29, 1.82) is 0 Å². The molecule has 4 rings (SSSR count). The topological polar surface area (TPSA) is 26.0 Å². The second-order valence-corrected chi connectivity index (χ2v) is 7.60. The largest absolute Gasteiger partial charge is 0.444 e. The minimum absolute atomic E-state index is 0.458. The number of halogens is 1. The first-order valence-corrected chi connectivity index (χ1v) is 9.69. The fraction of sp³-hybridized carbons (Fsp3) is 0.722. The molecule has 3 aliphatic carbocycles. The smallest absolute Gasteiger partial charge is 0.201 e. The summed E-state index contributed by atoms with van der Waals surface area (Å²) in [5.74, 6) is 5.12. The molecular formula is C18H24BrNO. The maximum absolute atomic E-state index is 5.96. The SMILES string of the molecule is BrCc1cnc(C2CCCC3C2=CCC2CCCCC23)o1. The number of allylic oxidation sites excluding steroid dienone is 2. The van der Waals surface area contributed by atoms with Gasteiger partial charge in [0, 0.05) is 0 Å². The Balaban J connectivity index is 1.62. The van der Waals surface area contributed by atoms with Crippen LogP contribution in [0, 0.1) is 17.8 Å². The van der Waals surface area contributed by atoms with Crippen molar-refractivity contribution in [2.75, 3.05) is 0 Å². The molecule has 4 unspecified atom stereocenters. The van der Waals surface area contributed by atoms with Gasteiger partial charge in [0.05, 0.1) is 17.4 Å². The lowest BCUT2D eigenvalue weighted by Gasteiger charge is -2.45. The molecule has 1 heterocycles. The molecule has 4 atom stereocenters. The summed E-state index contributed by atoms with van der Waals surface area (Å²) in [7, 11) is 0. The molecule has 2 fully saturated rings. The summed E-state index contributed by atoms with van der Waals surface area (Å²) in [6.45, 7) is 0. The average Bonchev–Trinajstić information content (AvgIpc) is 3.03. The highest BCUT2D eigenvalue weighted by Gasteiger charge is 2.41. The van der Waals surface area contributed by atoms with E-state index in [4.69, 9.17) is 4.42 Å². The van der Waals surface area contributed by atoms with Gasteiger partial charge in [-0.05, 0) is 49.9 Å². The maximum atomic E-state index is 5.96. The van der Waals surface area contributed by atoms with Crippen molar-refractivity contribution in [3.8, 4) is 0 Å². The van der Waals surface area contributed by atoms with Crippen molar-refractivity contribution in [3.05, 3.63) is 29.5 Å². The van der Waals surface area contributed by atoms with E-state index >= 15 is 0 Å². The summed E-state index contributed by atoms with van der Waals surface area (Å²) in [4.78, 5) is 4.57. The third-order valence-electron chi connectivity index (χ3n) is 5.98. The van der Waals surface area contributed by atoms with Crippen LogP contribution in [0.4, 0.5) is 0 Å². The van der Waals surface area contributed by atoms with Crippen molar-refractivity contribution in [1.82, 2.24) is 4.98 Å². The van der Waals surface area contributed by atoms with Gasteiger partial charge >= 0.3 is 0 Å². The molecule has 0 saturated heterocycles. The number of hydrogen-bond acceptors (Lipinski definition) is 2. The van der Waals surface area contributed by atoms with E-state index in [1.807, 2.05) is 6.20 Å². The predicted molar refractivity (Wildman–Crippen MR) is 87.4 cm³/mol. The monoisotopic (exact) mass is 349 g/mol. The normalized spacial score (nSPS) is 35.8. The zero-order valence-electron chi connectivity index (χ0n) is 12.6. The van der Waals surface area contributed by atoms with Crippen LogP contribution in [0.3, 0.4) is 0 Å². The lowest BCUT2D eigenvalue weighted by molar-refractivity contribution is 0.140. The lowest BCUT2D eigenvalue weighted by Crippen LogP contribution is -2.35. The van der Waals surface area contributed by atoms with Gasteiger partial charge in [-0.2, -0.15) is 0 Å². The predicted octanol–water partition coefficient (Wildman–Crippen LogP) is 5.59. The van der Waals surface area contributed by atoms with Gasteiger partial charge in [-0.1, -0.05) is 46.8 Å². The Morgan fingerprint density at radius 1 is 1.14 bits per heavy atom. The second kappa shape index (κ2) is 5.91. The first kappa shape index (κ1) is 14.0. The standard InChI is InChI=1S/C18H24BrNO/c19-10-13-11-20-18(21-13)17-7-3-6-15-14-5-2-1-4-12(14)8-9-16(15)17/h9,11-12,14-15,17H,1-8,10H2. The molecule has 3 heteroatoms. The summed E-state index contributed by atoms with van der Waals surface area (Å²) in [5.41, 5.74) is 1.67. The molecule has 1 aromatic heterocycles. The van der Waals surface area contributed by atoms with Crippen molar-refractivity contribution in [2.24, 2.45) is 17.8 Å². The van der Waals surface area contributed by atoms with E-state index in [2.05, 4.69) is 27.0 Å². The highest BCUT2D eigenvalue weighted by atomic mass is 79.9. The molecule has 2 saturated carbocycles. The summed E-state index contributed by atoms with van der Waals surface area (Å²) in [5, 5.41) is 0.764. The van der Waals surface area contributed by atoms with E-state index in [0.717, 1.165) is 34.7 Å². The van der Waals surface area contributed by atoms with Gasteiger partial charge in [-0.15, -0.1) is 0 Å². The van der Waals surface area contributed by atoms with Crippen LogP contribution < -0.4 is 0 Å². The van der Waals surface area contributed by atoms with E-state index in [1.165, 1.54) is 51.4 Å². The number of oxazole rings is 1. The Morgan fingerprint density at radius 3 is 2.90 bits per heavy atom. The number of nitrogens with zero attached hydrogens (tertiary/aromatic N) is 1. The number of aromatic nitrogens is 1. The van der Waals surface area contributed by atoms with Gasteiger partial charge in [0.15, 0.2) is 0 Å². The summed E-state index contributed by atoms with van der Waals surface area (Å²) < 4.78 is 5.96. The van der Waals surface area contributed by atoms with E-state index in [0.29, 0.717) is 5.92 Å². The van der Waals surface area contributed by atoms with Crippen molar-refractivity contribution < 1.29 is 4.42 Å².